The highest BCUT2D eigenvalue weighted by molar-refractivity contribution is 7.89. The molecule has 0 saturated carbocycles. The number of aliphatic carboxylic acids is 1. The third-order valence-electron chi connectivity index (χ3n) is 3.43. The van der Waals surface area contributed by atoms with Crippen LogP contribution in [0.2, 0.25) is 0 Å². The number of carbonyl (C=O) groups is 1. The van der Waals surface area contributed by atoms with Gasteiger partial charge in [-0.1, -0.05) is 30.3 Å². The molecule has 0 aliphatic rings. The summed E-state index contributed by atoms with van der Waals surface area (Å²) in [7, 11) is -3.99. The molecule has 2 aromatic carbocycles. The van der Waals surface area contributed by atoms with Crippen LogP contribution in [0.5, 0.6) is 0 Å². The van der Waals surface area contributed by atoms with Gasteiger partial charge in [0.1, 0.15) is 6.04 Å². The predicted octanol–water partition coefficient (Wildman–Crippen LogP) is 2.71. The van der Waals surface area contributed by atoms with E-state index in [1.54, 1.807) is 36.4 Å². The summed E-state index contributed by atoms with van der Waals surface area (Å²) in [5.74, 6) is -1.26. The summed E-state index contributed by atoms with van der Waals surface area (Å²) in [6.45, 7) is 1.84. The Morgan fingerprint density at radius 1 is 1.21 bits per heavy atom. The maximum absolute atomic E-state index is 12.6. The van der Waals surface area contributed by atoms with Crippen molar-refractivity contribution in [2.24, 2.45) is 0 Å². The van der Waals surface area contributed by atoms with Gasteiger partial charge in [0, 0.05) is 0 Å². The number of rotatable bonds is 5. The number of aromatic nitrogens is 1. The molecule has 3 aromatic rings. The molecule has 0 radical (unpaired) electrons. The average molecular weight is 362 g/mol. The number of nitrogens with one attached hydrogen (secondary N) is 1. The zero-order chi connectivity index (χ0) is 17.3. The van der Waals surface area contributed by atoms with Crippen molar-refractivity contribution >= 4 is 37.5 Å². The van der Waals surface area contributed by atoms with Gasteiger partial charge < -0.3 is 5.11 Å². The molecular formula is C16H14N2O4S2. The molecule has 124 valence electrons. The maximum atomic E-state index is 12.6. The zero-order valence-corrected chi connectivity index (χ0v) is 14.3. The molecule has 0 aliphatic heterocycles. The fourth-order valence-electron chi connectivity index (χ4n) is 2.32. The summed E-state index contributed by atoms with van der Waals surface area (Å²) in [5, 5.41) is 10.2. The van der Waals surface area contributed by atoms with Crippen molar-refractivity contribution in [2.45, 2.75) is 17.9 Å². The number of thiazole rings is 1. The molecule has 3 rings (SSSR count). The molecular weight excluding hydrogens is 348 g/mol. The Morgan fingerprint density at radius 3 is 2.58 bits per heavy atom. The maximum Gasteiger partial charge on any atom is 0.326 e. The first-order valence-electron chi connectivity index (χ1n) is 7.04. The Kier molecular flexibility index (Phi) is 4.35. The van der Waals surface area contributed by atoms with Gasteiger partial charge in [0.15, 0.2) is 0 Å². The van der Waals surface area contributed by atoms with Gasteiger partial charge in [-0.3, -0.25) is 4.79 Å². The second-order valence-electron chi connectivity index (χ2n) is 5.17. The van der Waals surface area contributed by atoms with E-state index in [2.05, 4.69) is 9.71 Å². The third-order valence-corrected chi connectivity index (χ3v) is 5.78. The van der Waals surface area contributed by atoms with Gasteiger partial charge in [0.25, 0.3) is 0 Å². The van der Waals surface area contributed by atoms with Gasteiger partial charge in [-0.25, -0.2) is 13.4 Å². The topological polar surface area (TPSA) is 96.4 Å². The van der Waals surface area contributed by atoms with Crippen LogP contribution in [-0.4, -0.2) is 24.5 Å². The quantitative estimate of drug-likeness (QED) is 0.727. The Hall–Kier alpha value is -2.29. The van der Waals surface area contributed by atoms with E-state index in [0.29, 0.717) is 11.1 Å². The van der Waals surface area contributed by atoms with Crippen LogP contribution in [0, 0.1) is 6.92 Å². The highest BCUT2D eigenvalue weighted by Crippen LogP contribution is 2.25. The zero-order valence-electron chi connectivity index (χ0n) is 12.6. The van der Waals surface area contributed by atoms with E-state index in [1.807, 2.05) is 6.92 Å². The Bertz CT molecular complexity index is 997. The molecule has 0 fully saturated rings. The molecule has 0 amide bonds. The van der Waals surface area contributed by atoms with Gasteiger partial charge in [0.2, 0.25) is 10.0 Å². The summed E-state index contributed by atoms with van der Waals surface area (Å²) in [6.07, 6.45) is 0. The highest BCUT2D eigenvalue weighted by atomic mass is 32.2. The fourth-order valence-corrected chi connectivity index (χ4v) is 4.46. The molecule has 0 saturated heterocycles. The molecule has 0 spiro atoms. The van der Waals surface area contributed by atoms with Gasteiger partial charge >= 0.3 is 5.97 Å². The molecule has 1 heterocycles. The number of hydrogen-bond acceptors (Lipinski definition) is 5. The summed E-state index contributed by atoms with van der Waals surface area (Å²) in [5.41, 5.74) is 1.08. The van der Waals surface area contributed by atoms with Gasteiger partial charge in [-0.05, 0) is 30.7 Å². The van der Waals surface area contributed by atoms with Crippen molar-refractivity contribution < 1.29 is 18.3 Å². The van der Waals surface area contributed by atoms with Crippen molar-refractivity contribution in [1.29, 1.82) is 0 Å². The van der Waals surface area contributed by atoms with E-state index in [0.717, 1.165) is 9.71 Å². The summed E-state index contributed by atoms with van der Waals surface area (Å²) >= 11 is 1.38. The third kappa shape index (κ3) is 3.30. The molecule has 24 heavy (non-hydrogen) atoms. The first-order chi connectivity index (χ1) is 11.4. The molecule has 1 atom stereocenters. The number of carboxylic acid groups (broad SMARTS) is 1. The fraction of sp³-hybridized carbons (Fsp3) is 0.125. The molecule has 8 heteroatoms. The summed E-state index contributed by atoms with van der Waals surface area (Å²) in [6, 6.07) is 11.4. The van der Waals surface area contributed by atoms with E-state index in [9.17, 15) is 18.3 Å². The molecule has 0 unspecified atom stereocenters. The highest BCUT2D eigenvalue weighted by Gasteiger charge is 2.27. The second kappa shape index (κ2) is 6.31. The van der Waals surface area contributed by atoms with Crippen LogP contribution < -0.4 is 4.72 Å². The van der Waals surface area contributed by atoms with Crippen LogP contribution in [0.3, 0.4) is 0 Å². The predicted molar refractivity (Wildman–Crippen MR) is 91.5 cm³/mol. The van der Waals surface area contributed by atoms with E-state index < -0.39 is 22.0 Å². The molecule has 6 nitrogen and oxygen atoms in total. The van der Waals surface area contributed by atoms with Crippen LogP contribution in [0.25, 0.3) is 10.2 Å². The van der Waals surface area contributed by atoms with Crippen molar-refractivity contribution in [3.63, 3.8) is 0 Å². The Morgan fingerprint density at radius 2 is 1.92 bits per heavy atom. The SMILES string of the molecule is Cc1nc2ccc(S(=O)(=O)N[C@H](C(=O)O)c3ccccc3)cc2s1. The lowest BCUT2D eigenvalue weighted by Gasteiger charge is -2.15. The van der Waals surface area contributed by atoms with Crippen LogP contribution in [0.15, 0.2) is 53.4 Å². The van der Waals surface area contributed by atoms with Crippen LogP contribution >= 0.6 is 11.3 Å². The standard InChI is InChI=1S/C16H14N2O4S2/c1-10-17-13-8-7-12(9-14(13)23-10)24(21,22)18-15(16(19)20)11-5-3-2-4-6-11/h2-9,15,18H,1H3,(H,19,20)/t15-/m0/s1. The monoisotopic (exact) mass is 362 g/mol. The van der Waals surface area contributed by atoms with Gasteiger partial charge in [0.05, 0.1) is 20.1 Å². The number of carboxylic acids is 1. The van der Waals surface area contributed by atoms with Crippen molar-refractivity contribution in [1.82, 2.24) is 9.71 Å². The lowest BCUT2D eigenvalue weighted by Crippen LogP contribution is -2.33. The largest absolute Gasteiger partial charge is 0.480 e. The second-order valence-corrected chi connectivity index (χ2v) is 8.11. The van der Waals surface area contributed by atoms with E-state index in [4.69, 9.17) is 0 Å². The molecule has 2 N–H and O–H groups in total. The van der Waals surface area contributed by atoms with Crippen molar-refractivity contribution in [2.75, 3.05) is 0 Å². The lowest BCUT2D eigenvalue weighted by molar-refractivity contribution is -0.139. The smallest absolute Gasteiger partial charge is 0.326 e. The number of hydrogen-bond donors (Lipinski definition) is 2. The summed E-state index contributed by atoms with van der Waals surface area (Å²) < 4.78 is 28.2. The van der Waals surface area contributed by atoms with Gasteiger partial charge in [-0.15, -0.1) is 11.3 Å². The number of aryl methyl sites for hydroxylation is 1. The first kappa shape index (κ1) is 16.6. The Balaban J connectivity index is 1.97. The normalized spacial score (nSPS) is 13.0. The minimum absolute atomic E-state index is 0.0147. The first-order valence-corrected chi connectivity index (χ1v) is 9.34. The summed E-state index contributed by atoms with van der Waals surface area (Å²) in [4.78, 5) is 15.8. The number of nitrogens with zero attached hydrogens (tertiary/aromatic N) is 1. The van der Waals surface area contributed by atoms with Crippen molar-refractivity contribution in [3.05, 3.63) is 59.1 Å². The van der Waals surface area contributed by atoms with Crippen molar-refractivity contribution in [3.8, 4) is 0 Å². The molecule has 0 aliphatic carbocycles. The minimum atomic E-state index is -3.99. The number of sulfonamides is 1. The average Bonchev–Trinajstić information content (AvgIpc) is 2.92. The number of benzene rings is 2. The van der Waals surface area contributed by atoms with E-state index in [-0.39, 0.29) is 4.90 Å². The van der Waals surface area contributed by atoms with Gasteiger partial charge in [-0.2, -0.15) is 4.72 Å². The molecule has 0 bridgehead atoms. The van der Waals surface area contributed by atoms with E-state index >= 15 is 0 Å². The van der Waals surface area contributed by atoms with Crippen LogP contribution in [0.4, 0.5) is 0 Å². The van der Waals surface area contributed by atoms with Crippen LogP contribution in [0.1, 0.15) is 16.6 Å². The lowest BCUT2D eigenvalue weighted by atomic mass is 10.1. The number of fused-ring (bicyclic) bond motifs is 1. The Labute approximate surface area is 142 Å². The minimum Gasteiger partial charge on any atom is -0.480 e. The molecule has 1 aromatic heterocycles. The van der Waals surface area contributed by atoms with Crippen LogP contribution in [-0.2, 0) is 14.8 Å². The van der Waals surface area contributed by atoms with E-state index in [1.165, 1.54) is 23.5 Å².